The quantitative estimate of drug-likeness (QED) is 0.370. The minimum Gasteiger partial charge on any atom is -0.504 e. The van der Waals surface area contributed by atoms with Crippen molar-refractivity contribution in [2.24, 2.45) is 0 Å². The average molecular weight is 476 g/mol. The number of hydrogen-bond acceptors (Lipinski definition) is 11. The van der Waals surface area contributed by atoms with Crippen LogP contribution in [0.25, 0.3) is 22.3 Å². The molecule has 0 aliphatic heterocycles. The topological polar surface area (TPSA) is 207 Å². The highest BCUT2D eigenvalue weighted by atomic mass is 32.3. The second kappa shape index (κ2) is 7.62. The first-order valence-corrected chi connectivity index (χ1v) is 10.6. The molecule has 166 valence electrons. The van der Waals surface area contributed by atoms with Gasteiger partial charge in [0.15, 0.2) is 28.4 Å². The van der Waals surface area contributed by atoms with Crippen LogP contribution < -0.4 is 18.5 Å². The Balaban J connectivity index is 2.32. The molecule has 0 unspecified atom stereocenters. The van der Waals surface area contributed by atoms with Gasteiger partial charge >= 0.3 is 20.8 Å². The number of methoxy groups -OCH3 is 1. The van der Waals surface area contributed by atoms with Crippen molar-refractivity contribution >= 4 is 31.8 Å². The maximum absolute atomic E-state index is 12.6. The molecule has 13 nitrogen and oxygen atoms in total. The number of phenols is 2. The van der Waals surface area contributed by atoms with Crippen molar-refractivity contribution in [3.8, 4) is 40.1 Å². The molecule has 0 amide bonds. The highest BCUT2D eigenvalue weighted by Gasteiger charge is 2.26. The van der Waals surface area contributed by atoms with E-state index in [2.05, 4.69) is 8.37 Å². The number of phenolic OH excluding ortho intramolecular Hbond substituents is 2. The molecule has 4 N–H and O–H groups in total. The molecular weight excluding hydrogens is 464 g/mol. The van der Waals surface area contributed by atoms with Crippen molar-refractivity contribution in [2.45, 2.75) is 0 Å². The zero-order valence-electron chi connectivity index (χ0n) is 15.2. The van der Waals surface area contributed by atoms with Gasteiger partial charge in [0.1, 0.15) is 16.7 Å². The Morgan fingerprint density at radius 3 is 2.13 bits per heavy atom. The molecule has 0 radical (unpaired) electrons. The van der Waals surface area contributed by atoms with Crippen LogP contribution in [0.2, 0.25) is 0 Å². The first-order chi connectivity index (χ1) is 14.3. The normalized spacial score (nSPS) is 12.0. The predicted octanol–water partition coefficient (Wildman–Crippen LogP) is 1.24. The van der Waals surface area contributed by atoms with E-state index in [-0.39, 0.29) is 22.8 Å². The molecular formula is C16H12O13S2. The summed E-state index contributed by atoms with van der Waals surface area (Å²) in [4.78, 5) is 12.6. The summed E-state index contributed by atoms with van der Waals surface area (Å²) in [6.07, 6.45) is 0. The number of aromatic hydroxyl groups is 2. The third kappa shape index (κ3) is 4.80. The van der Waals surface area contributed by atoms with Gasteiger partial charge in [-0.25, -0.2) is 0 Å². The largest absolute Gasteiger partial charge is 0.504 e. The lowest BCUT2D eigenvalue weighted by Gasteiger charge is -2.12. The number of ether oxygens (including phenoxy) is 1. The second-order valence-electron chi connectivity index (χ2n) is 5.81. The average Bonchev–Trinajstić information content (AvgIpc) is 2.62. The summed E-state index contributed by atoms with van der Waals surface area (Å²) < 4.78 is 80.7. The maximum Gasteiger partial charge on any atom is 0.446 e. The van der Waals surface area contributed by atoms with Gasteiger partial charge in [0.25, 0.3) is 0 Å². The fourth-order valence-corrected chi connectivity index (χ4v) is 3.32. The lowest BCUT2D eigenvalue weighted by Crippen LogP contribution is -2.12. The summed E-state index contributed by atoms with van der Waals surface area (Å²) in [6, 6.07) is 5.43. The van der Waals surface area contributed by atoms with E-state index in [1.165, 1.54) is 25.3 Å². The van der Waals surface area contributed by atoms with Gasteiger partial charge in [-0.2, -0.15) is 16.8 Å². The van der Waals surface area contributed by atoms with Gasteiger partial charge in [0.05, 0.1) is 7.11 Å². The van der Waals surface area contributed by atoms with Crippen LogP contribution in [0.1, 0.15) is 0 Å². The van der Waals surface area contributed by atoms with Gasteiger partial charge < -0.3 is 27.7 Å². The van der Waals surface area contributed by atoms with E-state index in [4.69, 9.17) is 18.3 Å². The fourth-order valence-electron chi connectivity index (χ4n) is 2.60. The molecule has 0 saturated heterocycles. The van der Waals surface area contributed by atoms with Crippen LogP contribution >= 0.6 is 0 Å². The van der Waals surface area contributed by atoms with E-state index in [0.29, 0.717) is 6.07 Å². The van der Waals surface area contributed by atoms with Gasteiger partial charge in [0, 0.05) is 17.7 Å². The Kier molecular flexibility index (Phi) is 5.45. The Morgan fingerprint density at radius 1 is 0.903 bits per heavy atom. The summed E-state index contributed by atoms with van der Waals surface area (Å²) in [5, 5.41) is 19.3. The molecule has 1 heterocycles. The molecule has 3 rings (SSSR count). The van der Waals surface area contributed by atoms with Crippen molar-refractivity contribution in [3.05, 3.63) is 40.6 Å². The van der Waals surface area contributed by atoms with Crippen molar-refractivity contribution in [1.82, 2.24) is 0 Å². The molecule has 0 spiro atoms. The molecule has 15 heteroatoms. The van der Waals surface area contributed by atoms with Gasteiger partial charge in [-0.05, 0) is 18.2 Å². The Bertz CT molecular complexity index is 1450. The first kappa shape index (κ1) is 22.2. The third-order valence-electron chi connectivity index (χ3n) is 3.76. The summed E-state index contributed by atoms with van der Waals surface area (Å²) in [5.74, 6) is -3.96. The lowest BCUT2D eigenvalue weighted by molar-refractivity contribution is 0.350. The van der Waals surface area contributed by atoms with E-state index in [9.17, 15) is 31.8 Å². The Labute approximate surface area is 173 Å². The summed E-state index contributed by atoms with van der Waals surface area (Å²) in [5.41, 5.74) is -1.21. The van der Waals surface area contributed by atoms with Gasteiger partial charge in [-0.15, -0.1) is 0 Å². The molecule has 0 atom stereocenters. The predicted molar refractivity (Wildman–Crippen MR) is 102 cm³/mol. The Morgan fingerprint density at radius 2 is 1.55 bits per heavy atom. The number of rotatable bonds is 6. The van der Waals surface area contributed by atoms with Gasteiger partial charge in [-0.3, -0.25) is 13.9 Å². The summed E-state index contributed by atoms with van der Waals surface area (Å²) >= 11 is 0. The minimum atomic E-state index is -5.31. The standard InChI is InChI=1S/C16H12O13S2/c1-26-11-4-7(2-3-8(11)17)10-5-9(18)14-12(27-10)6-13(28-30(20,21)22)16(15(14)19)29-31(23,24)25/h2-6,17,19H,1H3,(H,20,21,22)(H,23,24,25). The highest BCUT2D eigenvalue weighted by molar-refractivity contribution is 7.81. The van der Waals surface area contributed by atoms with E-state index < -0.39 is 54.4 Å². The summed E-state index contributed by atoms with van der Waals surface area (Å²) in [6.45, 7) is 0. The van der Waals surface area contributed by atoms with Crippen molar-refractivity contribution in [1.29, 1.82) is 0 Å². The molecule has 0 saturated carbocycles. The molecule has 0 bridgehead atoms. The first-order valence-electron chi connectivity index (χ1n) is 7.84. The minimum absolute atomic E-state index is 0.0374. The number of hydrogen-bond donors (Lipinski definition) is 4. The zero-order valence-corrected chi connectivity index (χ0v) is 16.8. The van der Waals surface area contributed by atoms with Gasteiger partial charge in [-0.1, -0.05) is 0 Å². The SMILES string of the molecule is COc1cc(-c2cc(=O)c3c(O)c(OS(=O)(=O)O)c(OS(=O)(=O)O)cc3o2)ccc1O. The Hall–Kier alpha value is -3.53. The van der Waals surface area contributed by atoms with Crippen LogP contribution in [-0.4, -0.2) is 43.3 Å². The van der Waals surface area contributed by atoms with Crippen molar-refractivity contribution in [2.75, 3.05) is 7.11 Å². The van der Waals surface area contributed by atoms with E-state index in [1.807, 2.05) is 0 Å². The molecule has 1 aromatic heterocycles. The number of benzene rings is 2. The second-order valence-corrected chi connectivity index (χ2v) is 7.85. The van der Waals surface area contributed by atoms with Crippen LogP contribution in [0, 0.1) is 0 Å². The van der Waals surface area contributed by atoms with Gasteiger partial charge in [0.2, 0.25) is 5.75 Å². The maximum atomic E-state index is 12.6. The van der Waals surface area contributed by atoms with Crippen molar-refractivity contribution < 1.29 is 53.7 Å². The van der Waals surface area contributed by atoms with E-state index in [1.54, 1.807) is 0 Å². The summed E-state index contributed by atoms with van der Waals surface area (Å²) in [7, 11) is -9.29. The van der Waals surface area contributed by atoms with Crippen LogP contribution in [0.15, 0.2) is 39.5 Å². The monoisotopic (exact) mass is 476 g/mol. The zero-order chi connectivity index (χ0) is 23.1. The highest BCUT2D eigenvalue weighted by Crippen LogP contribution is 2.44. The van der Waals surface area contributed by atoms with E-state index >= 15 is 0 Å². The fraction of sp³-hybridized carbons (Fsp3) is 0.0625. The molecule has 0 fully saturated rings. The van der Waals surface area contributed by atoms with E-state index in [0.717, 1.165) is 6.07 Å². The molecule has 2 aromatic carbocycles. The number of fused-ring (bicyclic) bond motifs is 1. The molecule has 0 aliphatic rings. The third-order valence-corrected chi connectivity index (χ3v) is 4.53. The van der Waals surface area contributed by atoms with Crippen LogP contribution in [0.4, 0.5) is 0 Å². The smallest absolute Gasteiger partial charge is 0.446 e. The van der Waals surface area contributed by atoms with Crippen LogP contribution in [0.3, 0.4) is 0 Å². The van der Waals surface area contributed by atoms with Crippen LogP contribution in [-0.2, 0) is 20.8 Å². The molecule has 31 heavy (non-hydrogen) atoms. The van der Waals surface area contributed by atoms with Crippen LogP contribution in [0.5, 0.6) is 28.7 Å². The molecule has 3 aromatic rings. The molecule has 0 aliphatic carbocycles. The van der Waals surface area contributed by atoms with Crippen molar-refractivity contribution in [3.63, 3.8) is 0 Å². The lowest BCUT2D eigenvalue weighted by atomic mass is 10.1.